The molecule has 0 spiro atoms. The SMILES string of the molecule is CC(=O)N1CCN(S(=O)(=O)c2cccc(C(=O)Nc3nc4c(C)cc(C)cc4s3)c2)CC1. The summed E-state index contributed by atoms with van der Waals surface area (Å²) in [6.07, 6.45) is 0. The van der Waals surface area contributed by atoms with Gasteiger partial charge in [-0.15, -0.1) is 0 Å². The summed E-state index contributed by atoms with van der Waals surface area (Å²) in [5.41, 5.74) is 3.24. The minimum atomic E-state index is -3.77. The number of carbonyl (C=O) groups excluding carboxylic acids is 2. The number of aryl methyl sites for hydroxylation is 2. The van der Waals surface area contributed by atoms with Crippen molar-refractivity contribution >= 4 is 48.5 Å². The fraction of sp³-hybridized carbons (Fsp3) is 0.318. The zero-order chi connectivity index (χ0) is 23.0. The van der Waals surface area contributed by atoms with Crippen molar-refractivity contribution in [3.05, 3.63) is 53.1 Å². The molecule has 1 saturated heterocycles. The van der Waals surface area contributed by atoms with E-state index in [4.69, 9.17) is 0 Å². The van der Waals surface area contributed by atoms with Gasteiger partial charge in [0.2, 0.25) is 15.9 Å². The van der Waals surface area contributed by atoms with Crippen LogP contribution in [0.15, 0.2) is 41.3 Å². The fourth-order valence-corrected chi connectivity index (χ4v) is 6.29. The van der Waals surface area contributed by atoms with Crippen molar-refractivity contribution in [2.45, 2.75) is 25.7 Å². The van der Waals surface area contributed by atoms with Gasteiger partial charge < -0.3 is 4.90 Å². The van der Waals surface area contributed by atoms with Gasteiger partial charge in [-0.1, -0.05) is 23.5 Å². The molecule has 2 heterocycles. The molecule has 0 bridgehead atoms. The minimum absolute atomic E-state index is 0.0530. The molecule has 10 heteroatoms. The lowest BCUT2D eigenvalue weighted by molar-refractivity contribution is -0.129. The maximum absolute atomic E-state index is 13.1. The Bertz CT molecular complexity index is 1310. The molecular weight excluding hydrogens is 448 g/mol. The predicted molar refractivity (Wildman–Crippen MR) is 125 cm³/mol. The molecular formula is C22H24N4O4S2. The Morgan fingerprint density at radius 2 is 1.78 bits per heavy atom. The van der Waals surface area contributed by atoms with E-state index >= 15 is 0 Å². The normalized spacial score (nSPS) is 15.2. The summed E-state index contributed by atoms with van der Waals surface area (Å²) < 4.78 is 28.5. The number of carbonyl (C=O) groups is 2. The molecule has 3 aromatic rings. The lowest BCUT2D eigenvalue weighted by Crippen LogP contribution is -2.49. The second-order valence-corrected chi connectivity index (χ2v) is 10.8. The van der Waals surface area contributed by atoms with E-state index in [-0.39, 0.29) is 29.5 Å². The molecule has 1 fully saturated rings. The molecule has 0 aliphatic carbocycles. The average molecular weight is 473 g/mol. The number of fused-ring (bicyclic) bond motifs is 1. The summed E-state index contributed by atoms with van der Waals surface area (Å²) in [5.74, 6) is -0.488. The second kappa shape index (κ2) is 8.61. The van der Waals surface area contributed by atoms with Crippen molar-refractivity contribution in [3.8, 4) is 0 Å². The van der Waals surface area contributed by atoms with Gasteiger partial charge in [0.1, 0.15) is 0 Å². The Labute approximate surface area is 190 Å². The summed E-state index contributed by atoms with van der Waals surface area (Å²) in [6.45, 7) is 6.61. The average Bonchev–Trinajstić information content (AvgIpc) is 3.16. The van der Waals surface area contributed by atoms with Gasteiger partial charge in [-0.25, -0.2) is 13.4 Å². The van der Waals surface area contributed by atoms with E-state index in [1.807, 2.05) is 26.0 Å². The van der Waals surface area contributed by atoms with Crippen molar-refractivity contribution in [1.29, 1.82) is 0 Å². The summed E-state index contributed by atoms with van der Waals surface area (Å²) in [7, 11) is -3.77. The van der Waals surface area contributed by atoms with Crippen LogP contribution in [0.3, 0.4) is 0 Å². The number of amides is 2. The van der Waals surface area contributed by atoms with E-state index in [0.29, 0.717) is 18.2 Å². The minimum Gasteiger partial charge on any atom is -0.340 e. The molecule has 0 atom stereocenters. The van der Waals surface area contributed by atoms with Gasteiger partial charge >= 0.3 is 0 Å². The standard InChI is InChI=1S/C22H24N4O4S2/c1-14-11-15(2)20-19(12-14)31-22(23-20)24-21(28)17-5-4-6-18(13-17)32(29,30)26-9-7-25(8-10-26)16(3)27/h4-6,11-13H,7-10H2,1-3H3,(H,23,24,28). The maximum Gasteiger partial charge on any atom is 0.257 e. The number of hydrogen-bond donors (Lipinski definition) is 1. The van der Waals surface area contributed by atoms with Gasteiger partial charge in [-0.2, -0.15) is 4.31 Å². The second-order valence-electron chi connectivity index (χ2n) is 7.84. The van der Waals surface area contributed by atoms with Gasteiger partial charge in [-0.3, -0.25) is 14.9 Å². The number of sulfonamides is 1. The van der Waals surface area contributed by atoms with Crippen molar-refractivity contribution in [2.75, 3.05) is 31.5 Å². The molecule has 2 aromatic carbocycles. The molecule has 0 unspecified atom stereocenters. The van der Waals surface area contributed by atoms with E-state index in [1.165, 1.54) is 34.7 Å². The zero-order valence-electron chi connectivity index (χ0n) is 18.1. The molecule has 1 aliphatic rings. The molecule has 32 heavy (non-hydrogen) atoms. The number of benzene rings is 2. The van der Waals surface area contributed by atoms with Crippen LogP contribution >= 0.6 is 11.3 Å². The van der Waals surface area contributed by atoms with Gasteiger partial charge in [0.15, 0.2) is 5.13 Å². The van der Waals surface area contributed by atoms with Crippen molar-refractivity contribution in [2.24, 2.45) is 0 Å². The van der Waals surface area contributed by atoms with Crippen LogP contribution < -0.4 is 5.32 Å². The summed E-state index contributed by atoms with van der Waals surface area (Å²) >= 11 is 1.38. The molecule has 0 radical (unpaired) electrons. The molecule has 4 rings (SSSR count). The molecule has 8 nitrogen and oxygen atoms in total. The number of nitrogens with zero attached hydrogens (tertiary/aromatic N) is 3. The molecule has 1 aliphatic heterocycles. The third-order valence-electron chi connectivity index (χ3n) is 5.47. The largest absolute Gasteiger partial charge is 0.340 e. The first-order valence-corrected chi connectivity index (χ1v) is 12.5. The predicted octanol–water partition coefficient (Wildman–Crippen LogP) is 3.02. The van der Waals surface area contributed by atoms with Gasteiger partial charge in [0.05, 0.1) is 15.1 Å². The van der Waals surface area contributed by atoms with E-state index in [1.54, 1.807) is 17.0 Å². The molecule has 1 N–H and O–H groups in total. The van der Waals surface area contributed by atoms with Crippen LogP contribution in [0.4, 0.5) is 5.13 Å². The lowest BCUT2D eigenvalue weighted by Gasteiger charge is -2.33. The van der Waals surface area contributed by atoms with Crippen LogP contribution in [0, 0.1) is 13.8 Å². The van der Waals surface area contributed by atoms with Crippen LogP contribution in [0.5, 0.6) is 0 Å². The highest BCUT2D eigenvalue weighted by Gasteiger charge is 2.29. The third kappa shape index (κ3) is 4.38. The Morgan fingerprint density at radius 3 is 2.47 bits per heavy atom. The fourth-order valence-electron chi connectivity index (χ4n) is 3.78. The van der Waals surface area contributed by atoms with Crippen molar-refractivity contribution < 1.29 is 18.0 Å². The number of aromatic nitrogens is 1. The quantitative estimate of drug-likeness (QED) is 0.629. The topological polar surface area (TPSA) is 99.7 Å². The van der Waals surface area contributed by atoms with Crippen LogP contribution in [-0.4, -0.2) is 60.6 Å². The Morgan fingerprint density at radius 1 is 1.06 bits per heavy atom. The Kier molecular flexibility index (Phi) is 6.02. The Hall–Kier alpha value is -2.82. The first-order chi connectivity index (χ1) is 15.1. The van der Waals surface area contributed by atoms with Gasteiger partial charge in [0.25, 0.3) is 5.91 Å². The van der Waals surface area contributed by atoms with E-state index in [0.717, 1.165) is 21.3 Å². The molecule has 1 aromatic heterocycles. The number of nitrogens with one attached hydrogen (secondary N) is 1. The van der Waals surface area contributed by atoms with Crippen LogP contribution in [0.1, 0.15) is 28.4 Å². The number of anilines is 1. The third-order valence-corrected chi connectivity index (χ3v) is 8.28. The molecule has 0 saturated carbocycles. The lowest BCUT2D eigenvalue weighted by atomic mass is 10.1. The van der Waals surface area contributed by atoms with E-state index in [2.05, 4.69) is 10.3 Å². The van der Waals surface area contributed by atoms with Crippen molar-refractivity contribution in [3.63, 3.8) is 0 Å². The highest BCUT2D eigenvalue weighted by atomic mass is 32.2. The van der Waals surface area contributed by atoms with Crippen LogP contribution in [0.25, 0.3) is 10.2 Å². The molecule has 2 amide bonds. The number of piperazine rings is 1. The zero-order valence-corrected chi connectivity index (χ0v) is 19.7. The van der Waals surface area contributed by atoms with Crippen LogP contribution in [-0.2, 0) is 14.8 Å². The number of thiazole rings is 1. The van der Waals surface area contributed by atoms with E-state index in [9.17, 15) is 18.0 Å². The first kappa shape index (κ1) is 22.4. The highest BCUT2D eigenvalue weighted by molar-refractivity contribution is 7.89. The van der Waals surface area contributed by atoms with Crippen LogP contribution in [0.2, 0.25) is 0 Å². The highest BCUT2D eigenvalue weighted by Crippen LogP contribution is 2.29. The maximum atomic E-state index is 13.1. The summed E-state index contributed by atoms with van der Waals surface area (Å²) in [4.78, 5) is 30.5. The summed E-state index contributed by atoms with van der Waals surface area (Å²) in [6, 6.07) is 10.1. The smallest absolute Gasteiger partial charge is 0.257 e. The van der Waals surface area contributed by atoms with Gasteiger partial charge in [0, 0.05) is 38.7 Å². The molecule has 168 valence electrons. The number of rotatable bonds is 4. The van der Waals surface area contributed by atoms with E-state index < -0.39 is 15.9 Å². The van der Waals surface area contributed by atoms with Crippen molar-refractivity contribution in [1.82, 2.24) is 14.2 Å². The first-order valence-electron chi connectivity index (χ1n) is 10.2. The number of hydrogen-bond acceptors (Lipinski definition) is 6. The monoisotopic (exact) mass is 472 g/mol. The van der Waals surface area contributed by atoms with Gasteiger partial charge in [-0.05, 0) is 49.2 Å². The Balaban J connectivity index is 1.53. The summed E-state index contributed by atoms with van der Waals surface area (Å²) in [5, 5.41) is 3.25.